The van der Waals surface area contributed by atoms with E-state index in [2.05, 4.69) is 21.2 Å². The van der Waals surface area contributed by atoms with Gasteiger partial charge in [0.15, 0.2) is 0 Å². The number of rotatable bonds is 2. The van der Waals surface area contributed by atoms with Gasteiger partial charge in [0.05, 0.1) is 10.0 Å². The summed E-state index contributed by atoms with van der Waals surface area (Å²) in [6.07, 6.45) is 2.92. The summed E-state index contributed by atoms with van der Waals surface area (Å²) in [5.41, 5.74) is 0.133. The summed E-state index contributed by atoms with van der Waals surface area (Å²) < 4.78 is 14.3. The molecule has 1 atom stereocenters. The van der Waals surface area contributed by atoms with Gasteiger partial charge in [-0.3, -0.25) is 4.79 Å². The molecule has 1 aliphatic heterocycles. The minimum atomic E-state index is -0.480. The van der Waals surface area contributed by atoms with E-state index in [1.807, 2.05) is 0 Å². The standard InChI is InChI=1S/C14H18BrFN2O/c1-18(10-4-3-8-17-9-7-10)14(19)11-5-2-6-12(15)13(11)16/h2,5-6,10,17H,3-4,7-9H2,1H3. The van der Waals surface area contributed by atoms with Crippen LogP contribution >= 0.6 is 15.9 Å². The quantitative estimate of drug-likeness (QED) is 0.905. The average molecular weight is 329 g/mol. The number of hydrogen-bond donors (Lipinski definition) is 1. The summed E-state index contributed by atoms with van der Waals surface area (Å²) in [5, 5.41) is 3.31. The lowest BCUT2D eigenvalue weighted by Gasteiger charge is -2.27. The van der Waals surface area contributed by atoms with Gasteiger partial charge in [0.25, 0.3) is 5.91 Å². The third kappa shape index (κ3) is 3.34. The Morgan fingerprint density at radius 3 is 3.00 bits per heavy atom. The van der Waals surface area contributed by atoms with Gasteiger partial charge in [-0.25, -0.2) is 4.39 Å². The maximum absolute atomic E-state index is 14.0. The van der Waals surface area contributed by atoms with Gasteiger partial charge in [-0.1, -0.05) is 6.07 Å². The van der Waals surface area contributed by atoms with Crippen molar-refractivity contribution in [3.63, 3.8) is 0 Å². The van der Waals surface area contributed by atoms with Crippen molar-refractivity contribution in [2.45, 2.75) is 25.3 Å². The molecule has 3 nitrogen and oxygen atoms in total. The minimum absolute atomic E-state index is 0.133. The fourth-order valence-electron chi connectivity index (χ4n) is 2.41. The van der Waals surface area contributed by atoms with E-state index in [0.29, 0.717) is 4.47 Å². The van der Waals surface area contributed by atoms with Crippen LogP contribution in [0, 0.1) is 5.82 Å². The number of benzene rings is 1. The molecule has 1 heterocycles. The first-order valence-corrected chi connectivity index (χ1v) is 7.32. The number of hydrogen-bond acceptors (Lipinski definition) is 2. The molecule has 1 N–H and O–H groups in total. The SMILES string of the molecule is CN(C(=O)c1cccc(Br)c1F)C1CCCNCC1. The Morgan fingerprint density at radius 2 is 2.21 bits per heavy atom. The molecule has 1 aromatic carbocycles. The average Bonchev–Trinajstić information content (AvgIpc) is 2.69. The lowest BCUT2D eigenvalue weighted by Crippen LogP contribution is -2.38. The molecule has 1 fully saturated rings. The van der Waals surface area contributed by atoms with Crippen LogP contribution in [0.3, 0.4) is 0 Å². The molecule has 5 heteroatoms. The largest absolute Gasteiger partial charge is 0.339 e. The molecule has 1 aromatic rings. The van der Waals surface area contributed by atoms with Crippen LogP contribution in [0.4, 0.5) is 4.39 Å². The van der Waals surface area contributed by atoms with Crippen LogP contribution in [0.25, 0.3) is 0 Å². The molecule has 1 saturated heterocycles. The first-order chi connectivity index (χ1) is 9.11. The van der Waals surface area contributed by atoms with Gasteiger partial charge in [-0.2, -0.15) is 0 Å². The Bertz CT molecular complexity index is 459. The fraction of sp³-hybridized carbons (Fsp3) is 0.500. The van der Waals surface area contributed by atoms with Gasteiger partial charge in [0.1, 0.15) is 5.82 Å². The second-order valence-electron chi connectivity index (χ2n) is 4.85. The molecule has 1 amide bonds. The van der Waals surface area contributed by atoms with Gasteiger partial charge in [-0.15, -0.1) is 0 Å². The zero-order valence-electron chi connectivity index (χ0n) is 11.0. The highest BCUT2D eigenvalue weighted by molar-refractivity contribution is 9.10. The third-order valence-corrected chi connectivity index (χ3v) is 4.21. The predicted octanol–water partition coefficient (Wildman–Crippen LogP) is 2.80. The summed E-state index contributed by atoms with van der Waals surface area (Å²) in [5.74, 6) is -0.725. The van der Waals surface area contributed by atoms with Gasteiger partial charge in [0, 0.05) is 13.1 Å². The first-order valence-electron chi connectivity index (χ1n) is 6.53. The molecular weight excluding hydrogens is 311 g/mol. The second kappa shape index (κ2) is 6.48. The van der Waals surface area contributed by atoms with Crippen molar-refractivity contribution in [1.29, 1.82) is 0 Å². The maximum Gasteiger partial charge on any atom is 0.256 e. The Balaban J connectivity index is 2.15. The van der Waals surface area contributed by atoms with E-state index in [1.165, 1.54) is 6.07 Å². The zero-order valence-corrected chi connectivity index (χ0v) is 12.5. The molecule has 0 aliphatic carbocycles. The van der Waals surface area contributed by atoms with Crippen LogP contribution in [-0.2, 0) is 0 Å². The second-order valence-corrected chi connectivity index (χ2v) is 5.71. The van der Waals surface area contributed by atoms with Crippen LogP contribution in [-0.4, -0.2) is 37.0 Å². The molecule has 19 heavy (non-hydrogen) atoms. The van der Waals surface area contributed by atoms with Crippen LogP contribution in [0.1, 0.15) is 29.6 Å². The smallest absolute Gasteiger partial charge is 0.256 e. The third-order valence-electron chi connectivity index (χ3n) is 3.60. The van der Waals surface area contributed by atoms with Crippen LogP contribution < -0.4 is 5.32 Å². The summed E-state index contributed by atoms with van der Waals surface area (Å²) in [6.45, 7) is 1.90. The van der Waals surface area contributed by atoms with Crippen LogP contribution in [0.15, 0.2) is 22.7 Å². The number of nitrogens with one attached hydrogen (secondary N) is 1. The van der Waals surface area contributed by atoms with Crippen molar-refractivity contribution in [2.75, 3.05) is 20.1 Å². The van der Waals surface area contributed by atoms with Gasteiger partial charge in [0.2, 0.25) is 0 Å². The fourth-order valence-corrected chi connectivity index (χ4v) is 2.78. The summed E-state index contributed by atoms with van der Waals surface area (Å²) in [7, 11) is 1.76. The Morgan fingerprint density at radius 1 is 1.42 bits per heavy atom. The van der Waals surface area contributed by atoms with E-state index >= 15 is 0 Å². The van der Waals surface area contributed by atoms with E-state index in [9.17, 15) is 9.18 Å². The molecule has 1 aliphatic rings. The molecule has 0 saturated carbocycles. The lowest BCUT2D eigenvalue weighted by molar-refractivity contribution is 0.0715. The number of nitrogens with zero attached hydrogens (tertiary/aromatic N) is 1. The van der Waals surface area contributed by atoms with Crippen molar-refractivity contribution in [1.82, 2.24) is 10.2 Å². The molecule has 0 aromatic heterocycles. The van der Waals surface area contributed by atoms with E-state index in [4.69, 9.17) is 0 Å². The predicted molar refractivity (Wildman–Crippen MR) is 76.7 cm³/mol. The Hall–Kier alpha value is -0.940. The number of halogens is 2. The van der Waals surface area contributed by atoms with Crippen molar-refractivity contribution < 1.29 is 9.18 Å². The van der Waals surface area contributed by atoms with Gasteiger partial charge >= 0.3 is 0 Å². The topological polar surface area (TPSA) is 32.3 Å². The highest BCUT2D eigenvalue weighted by Crippen LogP contribution is 2.21. The Kier molecular flexibility index (Phi) is 4.93. The monoisotopic (exact) mass is 328 g/mol. The molecule has 0 bridgehead atoms. The number of amides is 1. The minimum Gasteiger partial charge on any atom is -0.339 e. The summed E-state index contributed by atoms with van der Waals surface area (Å²) in [6, 6.07) is 5.00. The lowest BCUT2D eigenvalue weighted by atomic mass is 10.1. The van der Waals surface area contributed by atoms with Gasteiger partial charge in [-0.05, 0) is 60.4 Å². The van der Waals surface area contributed by atoms with Crippen molar-refractivity contribution >= 4 is 21.8 Å². The van der Waals surface area contributed by atoms with Crippen LogP contribution in [0.5, 0.6) is 0 Å². The number of carbonyl (C=O) groups excluding carboxylic acids is 1. The van der Waals surface area contributed by atoms with Crippen molar-refractivity contribution in [3.8, 4) is 0 Å². The van der Waals surface area contributed by atoms with Crippen molar-refractivity contribution in [2.24, 2.45) is 0 Å². The molecule has 0 spiro atoms. The van der Waals surface area contributed by atoms with Gasteiger partial charge < -0.3 is 10.2 Å². The highest BCUT2D eigenvalue weighted by atomic mass is 79.9. The van der Waals surface area contributed by atoms with E-state index in [0.717, 1.165) is 32.4 Å². The molecule has 0 radical (unpaired) electrons. The summed E-state index contributed by atoms with van der Waals surface area (Å²) in [4.78, 5) is 14.1. The maximum atomic E-state index is 14.0. The van der Waals surface area contributed by atoms with E-state index in [-0.39, 0.29) is 17.5 Å². The molecule has 1 unspecified atom stereocenters. The van der Waals surface area contributed by atoms with Crippen LogP contribution in [0.2, 0.25) is 0 Å². The Labute approximate surface area is 121 Å². The van der Waals surface area contributed by atoms with E-state index in [1.54, 1.807) is 24.1 Å². The molecule has 104 valence electrons. The molecule has 2 rings (SSSR count). The summed E-state index contributed by atoms with van der Waals surface area (Å²) >= 11 is 3.12. The van der Waals surface area contributed by atoms with E-state index < -0.39 is 5.82 Å². The normalized spacial score (nSPS) is 19.8. The highest BCUT2D eigenvalue weighted by Gasteiger charge is 2.24. The molecular formula is C14H18BrFN2O. The van der Waals surface area contributed by atoms with Crippen molar-refractivity contribution in [3.05, 3.63) is 34.1 Å². The first kappa shape index (κ1) is 14.5. The zero-order chi connectivity index (χ0) is 13.8. The number of carbonyl (C=O) groups is 1.